The molecule has 0 fully saturated rings. The molecule has 0 amide bonds. The maximum absolute atomic E-state index is 9.05. The van der Waals surface area contributed by atoms with E-state index < -0.39 is 0 Å². The standard InChI is InChI=1S/C19H19BrN2O3/c1-13(2)25-19-17(20)8-14(9-18(19)23-3)11-22-24-12-16-7-5-4-6-15(16)10-21/h4-9,11,13H,12H2,1-3H3/b22-11-. The summed E-state index contributed by atoms with van der Waals surface area (Å²) in [6.07, 6.45) is 1.62. The van der Waals surface area contributed by atoms with Crippen LogP contribution in [0.25, 0.3) is 0 Å². The molecular weight excluding hydrogens is 384 g/mol. The van der Waals surface area contributed by atoms with Crippen LogP contribution in [0.4, 0.5) is 0 Å². The second-order valence-corrected chi connectivity index (χ2v) is 6.33. The lowest BCUT2D eigenvalue weighted by molar-refractivity contribution is 0.132. The first-order valence-corrected chi connectivity index (χ1v) is 8.52. The largest absolute Gasteiger partial charge is 0.493 e. The highest BCUT2D eigenvalue weighted by atomic mass is 79.9. The third-order valence-electron chi connectivity index (χ3n) is 3.24. The van der Waals surface area contributed by atoms with Crippen LogP contribution in [-0.4, -0.2) is 19.4 Å². The summed E-state index contributed by atoms with van der Waals surface area (Å²) in [5.41, 5.74) is 2.17. The molecule has 0 N–H and O–H groups in total. The van der Waals surface area contributed by atoms with Gasteiger partial charge in [0.15, 0.2) is 11.5 Å². The van der Waals surface area contributed by atoms with Crippen molar-refractivity contribution in [3.63, 3.8) is 0 Å². The molecule has 0 radical (unpaired) electrons. The van der Waals surface area contributed by atoms with Crippen molar-refractivity contribution in [1.29, 1.82) is 5.26 Å². The van der Waals surface area contributed by atoms with Gasteiger partial charge in [0.2, 0.25) is 0 Å². The Labute approximate surface area is 155 Å². The highest BCUT2D eigenvalue weighted by molar-refractivity contribution is 9.10. The molecule has 0 spiro atoms. The molecular formula is C19H19BrN2O3. The summed E-state index contributed by atoms with van der Waals surface area (Å²) in [4.78, 5) is 5.31. The van der Waals surface area contributed by atoms with Gasteiger partial charge in [-0.15, -0.1) is 0 Å². The molecule has 0 aliphatic rings. The van der Waals surface area contributed by atoms with E-state index in [9.17, 15) is 0 Å². The van der Waals surface area contributed by atoms with Gasteiger partial charge < -0.3 is 14.3 Å². The highest BCUT2D eigenvalue weighted by Crippen LogP contribution is 2.37. The summed E-state index contributed by atoms with van der Waals surface area (Å²) in [5.74, 6) is 1.26. The Morgan fingerprint density at radius 2 is 2.04 bits per heavy atom. The summed E-state index contributed by atoms with van der Waals surface area (Å²) in [6, 6.07) is 13.1. The molecule has 0 saturated heterocycles. The van der Waals surface area contributed by atoms with E-state index in [4.69, 9.17) is 19.6 Å². The van der Waals surface area contributed by atoms with Gasteiger partial charge in [-0.1, -0.05) is 23.4 Å². The minimum absolute atomic E-state index is 0.0354. The van der Waals surface area contributed by atoms with Gasteiger partial charge in [-0.25, -0.2) is 0 Å². The number of halogens is 1. The molecule has 0 aromatic heterocycles. The molecule has 2 rings (SSSR count). The zero-order valence-corrected chi connectivity index (χ0v) is 15.9. The average Bonchev–Trinajstić information content (AvgIpc) is 2.60. The molecule has 0 saturated carbocycles. The van der Waals surface area contributed by atoms with E-state index in [1.54, 1.807) is 19.4 Å². The van der Waals surface area contributed by atoms with Crippen molar-refractivity contribution in [2.24, 2.45) is 5.16 Å². The molecule has 0 aliphatic carbocycles. The van der Waals surface area contributed by atoms with Crippen LogP contribution in [-0.2, 0) is 11.4 Å². The van der Waals surface area contributed by atoms with Gasteiger partial charge in [0, 0.05) is 11.1 Å². The normalized spacial score (nSPS) is 10.7. The van der Waals surface area contributed by atoms with Crippen LogP contribution in [0.15, 0.2) is 46.0 Å². The Balaban J connectivity index is 2.08. The first-order valence-electron chi connectivity index (χ1n) is 7.72. The SMILES string of the molecule is COc1cc(/C=N\OCc2ccccc2C#N)cc(Br)c1OC(C)C. The number of hydrogen-bond acceptors (Lipinski definition) is 5. The Bertz CT molecular complexity index is 798. The molecule has 6 heteroatoms. The summed E-state index contributed by atoms with van der Waals surface area (Å²) in [5, 5.41) is 13.0. The summed E-state index contributed by atoms with van der Waals surface area (Å²) in [7, 11) is 1.59. The molecule has 25 heavy (non-hydrogen) atoms. The predicted molar refractivity (Wildman–Crippen MR) is 100.0 cm³/mol. The number of hydrogen-bond donors (Lipinski definition) is 0. The molecule has 0 unspecified atom stereocenters. The van der Waals surface area contributed by atoms with Crippen LogP contribution in [0.1, 0.15) is 30.5 Å². The predicted octanol–water partition coefficient (Wildman–Crippen LogP) is 4.67. The van der Waals surface area contributed by atoms with Crippen LogP contribution >= 0.6 is 15.9 Å². The van der Waals surface area contributed by atoms with Gasteiger partial charge in [0.25, 0.3) is 0 Å². The van der Waals surface area contributed by atoms with E-state index in [1.165, 1.54) is 0 Å². The van der Waals surface area contributed by atoms with Gasteiger partial charge >= 0.3 is 0 Å². The Morgan fingerprint density at radius 1 is 1.28 bits per heavy atom. The van der Waals surface area contributed by atoms with Gasteiger partial charge in [-0.05, 0) is 48.0 Å². The van der Waals surface area contributed by atoms with Crippen molar-refractivity contribution < 1.29 is 14.3 Å². The van der Waals surface area contributed by atoms with E-state index in [1.807, 2.05) is 44.2 Å². The Kier molecular flexibility index (Phi) is 6.84. The number of nitriles is 1. The zero-order chi connectivity index (χ0) is 18.2. The average molecular weight is 403 g/mol. The van der Waals surface area contributed by atoms with E-state index in [0.717, 1.165) is 15.6 Å². The third kappa shape index (κ3) is 5.23. The number of nitrogens with zero attached hydrogens (tertiary/aromatic N) is 2. The van der Waals surface area contributed by atoms with Crippen molar-refractivity contribution in [2.45, 2.75) is 26.6 Å². The zero-order valence-electron chi connectivity index (χ0n) is 14.3. The van der Waals surface area contributed by atoms with Crippen LogP contribution in [0, 0.1) is 11.3 Å². The van der Waals surface area contributed by atoms with Crippen molar-refractivity contribution in [3.8, 4) is 17.6 Å². The molecule has 0 heterocycles. The van der Waals surface area contributed by atoms with Crippen LogP contribution in [0.5, 0.6) is 11.5 Å². The van der Waals surface area contributed by atoms with Crippen molar-refractivity contribution >= 4 is 22.1 Å². The highest BCUT2D eigenvalue weighted by Gasteiger charge is 2.12. The molecule has 0 atom stereocenters. The number of methoxy groups -OCH3 is 1. The summed E-state index contributed by atoms with van der Waals surface area (Å²) >= 11 is 3.49. The second kappa shape index (κ2) is 9.09. The number of ether oxygens (including phenoxy) is 2. The second-order valence-electron chi connectivity index (χ2n) is 5.48. The molecule has 2 aromatic carbocycles. The Hall–Kier alpha value is -2.52. The fourth-order valence-corrected chi connectivity index (χ4v) is 2.68. The van der Waals surface area contributed by atoms with Crippen LogP contribution < -0.4 is 9.47 Å². The third-order valence-corrected chi connectivity index (χ3v) is 3.83. The maximum atomic E-state index is 9.05. The molecule has 130 valence electrons. The number of rotatable bonds is 7. The summed E-state index contributed by atoms with van der Waals surface area (Å²) < 4.78 is 11.9. The minimum atomic E-state index is 0.0354. The minimum Gasteiger partial charge on any atom is -0.493 e. The quantitative estimate of drug-likeness (QED) is 0.498. The van der Waals surface area contributed by atoms with Gasteiger partial charge in [-0.2, -0.15) is 5.26 Å². The lowest BCUT2D eigenvalue weighted by Crippen LogP contribution is -2.07. The van der Waals surface area contributed by atoms with E-state index in [-0.39, 0.29) is 12.7 Å². The maximum Gasteiger partial charge on any atom is 0.175 e. The van der Waals surface area contributed by atoms with Crippen LogP contribution in [0.3, 0.4) is 0 Å². The first kappa shape index (κ1) is 18.8. The fraction of sp³-hybridized carbons (Fsp3) is 0.263. The van der Waals surface area contributed by atoms with E-state index >= 15 is 0 Å². The lowest BCUT2D eigenvalue weighted by Gasteiger charge is -2.15. The molecule has 5 nitrogen and oxygen atoms in total. The monoisotopic (exact) mass is 402 g/mol. The van der Waals surface area contributed by atoms with E-state index in [0.29, 0.717) is 17.1 Å². The van der Waals surface area contributed by atoms with E-state index in [2.05, 4.69) is 27.2 Å². The smallest absolute Gasteiger partial charge is 0.175 e. The number of oxime groups is 1. The molecule has 0 bridgehead atoms. The number of benzene rings is 2. The van der Waals surface area contributed by atoms with Gasteiger partial charge in [0.05, 0.1) is 35.5 Å². The topological polar surface area (TPSA) is 63.8 Å². The fourth-order valence-electron chi connectivity index (χ4n) is 2.12. The van der Waals surface area contributed by atoms with Crippen molar-refractivity contribution in [3.05, 3.63) is 57.6 Å². The Morgan fingerprint density at radius 3 is 2.72 bits per heavy atom. The van der Waals surface area contributed by atoms with Crippen molar-refractivity contribution in [2.75, 3.05) is 7.11 Å². The molecule has 0 aliphatic heterocycles. The molecule has 2 aromatic rings. The van der Waals surface area contributed by atoms with Crippen molar-refractivity contribution in [1.82, 2.24) is 0 Å². The van der Waals surface area contributed by atoms with Gasteiger partial charge in [0.1, 0.15) is 6.61 Å². The lowest BCUT2D eigenvalue weighted by atomic mass is 10.1. The summed E-state index contributed by atoms with van der Waals surface area (Å²) in [6.45, 7) is 4.13. The first-order chi connectivity index (χ1) is 12.0. The van der Waals surface area contributed by atoms with Gasteiger partial charge in [-0.3, -0.25) is 0 Å². The van der Waals surface area contributed by atoms with Crippen LogP contribution in [0.2, 0.25) is 0 Å².